The predicted octanol–water partition coefficient (Wildman–Crippen LogP) is 1.35. The van der Waals surface area contributed by atoms with Crippen molar-refractivity contribution in [2.24, 2.45) is 7.05 Å². The van der Waals surface area contributed by atoms with Gasteiger partial charge in [0.25, 0.3) is 0 Å². The van der Waals surface area contributed by atoms with Crippen LogP contribution >= 0.6 is 0 Å². The topological polar surface area (TPSA) is 73.2 Å². The Morgan fingerprint density at radius 3 is 2.76 bits per heavy atom. The first-order chi connectivity index (χ1) is 9.94. The van der Waals surface area contributed by atoms with Crippen molar-refractivity contribution in [2.75, 3.05) is 7.11 Å². The van der Waals surface area contributed by atoms with Crippen molar-refractivity contribution in [2.45, 2.75) is 25.0 Å². The number of rotatable bonds is 6. The summed E-state index contributed by atoms with van der Waals surface area (Å²) in [6.45, 7) is 2.50. The van der Waals surface area contributed by atoms with Gasteiger partial charge in [-0.15, -0.1) is 0 Å². The summed E-state index contributed by atoms with van der Waals surface area (Å²) >= 11 is 0. The zero-order chi connectivity index (χ0) is 15.5. The van der Waals surface area contributed by atoms with E-state index < -0.39 is 10.0 Å². The van der Waals surface area contributed by atoms with Crippen molar-refractivity contribution in [3.63, 3.8) is 0 Å². The first-order valence-corrected chi connectivity index (χ1v) is 7.97. The molecule has 0 radical (unpaired) electrons. The van der Waals surface area contributed by atoms with Crippen LogP contribution in [0.25, 0.3) is 0 Å². The summed E-state index contributed by atoms with van der Waals surface area (Å²) in [6.07, 6.45) is 1.67. The van der Waals surface area contributed by atoms with E-state index in [9.17, 15) is 8.42 Å². The molecule has 1 heterocycles. The Morgan fingerprint density at radius 1 is 1.38 bits per heavy atom. The van der Waals surface area contributed by atoms with Gasteiger partial charge in [-0.1, -0.05) is 12.1 Å². The van der Waals surface area contributed by atoms with Gasteiger partial charge in [0.15, 0.2) is 0 Å². The molecule has 114 valence electrons. The molecule has 1 aromatic carbocycles. The number of benzene rings is 1. The van der Waals surface area contributed by atoms with Gasteiger partial charge in [0.05, 0.1) is 17.7 Å². The summed E-state index contributed by atoms with van der Waals surface area (Å²) in [7, 11) is -0.154. The van der Waals surface area contributed by atoms with E-state index in [-0.39, 0.29) is 11.4 Å². The maximum Gasteiger partial charge on any atom is 0.240 e. The van der Waals surface area contributed by atoms with E-state index in [0.717, 1.165) is 16.8 Å². The van der Waals surface area contributed by atoms with Gasteiger partial charge in [0.1, 0.15) is 0 Å². The molecule has 0 amide bonds. The Labute approximate surface area is 124 Å². The fourth-order valence-electron chi connectivity index (χ4n) is 1.94. The minimum Gasteiger partial charge on any atom is -0.380 e. The quantitative estimate of drug-likeness (QED) is 0.874. The number of hydrogen-bond donors (Lipinski definition) is 1. The molecular weight excluding hydrogens is 290 g/mol. The standard InChI is InChI=1S/C14H19N3O3S/c1-11-13(8-15-17(11)2)9-16-21(18,19)14-6-4-5-12(7-14)10-20-3/h4-8,16H,9-10H2,1-3H3. The second-order valence-electron chi connectivity index (χ2n) is 4.78. The third kappa shape index (κ3) is 3.69. The van der Waals surface area contributed by atoms with Crippen molar-refractivity contribution >= 4 is 10.0 Å². The molecule has 0 fully saturated rings. The van der Waals surface area contributed by atoms with Crippen molar-refractivity contribution in [3.8, 4) is 0 Å². The normalized spacial score (nSPS) is 11.8. The van der Waals surface area contributed by atoms with Gasteiger partial charge in [0, 0.05) is 32.0 Å². The van der Waals surface area contributed by atoms with E-state index >= 15 is 0 Å². The van der Waals surface area contributed by atoms with E-state index in [4.69, 9.17) is 4.74 Å². The lowest BCUT2D eigenvalue weighted by Crippen LogP contribution is -2.23. The SMILES string of the molecule is COCc1cccc(S(=O)(=O)NCc2cnn(C)c2C)c1. The molecule has 2 rings (SSSR count). The minimum atomic E-state index is -3.55. The monoisotopic (exact) mass is 309 g/mol. The Hall–Kier alpha value is -1.70. The number of nitrogens with one attached hydrogen (secondary N) is 1. The fourth-order valence-corrected chi connectivity index (χ4v) is 3.02. The number of sulfonamides is 1. The molecule has 0 unspecified atom stereocenters. The van der Waals surface area contributed by atoms with Crippen LogP contribution in [0.3, 0.4) is 0 Å². The Kier molecular flexibility index (Phi) is 4.76. The molecular formula is C14H19N3O3S. The van der Waals surface area contributed by atoms with Gasteiger partial charge in [-0.05, 0) is 24.6 Å². The Bertz CT molecular complexity index is 723. The molecule has 0 atom stereocenters. The van der Waals surface area contributed by atoms with Crippen LogP contribution in [0.15, 0.2) is 35.4 Å². The Balaban J connectivity index is 2.15. The molecule has 21 heavy (non-hydrogen) atoms. The summed E-state index contributed by atoms with van der Waals surface area (Å²) in [5.74, 6) is 0. The maximum atomic E-state index is 12.3. The van der Waals surface area contributed by atoms with Crippen molar-refractivity contribution in [1.82, 2.24) is 14.5 Å². The van der Waals surface area contributed by atoms with Crippen LogP contribution in [0.1, 0.15) is 16.8 Å². The largest absolute Gasteiger partial charge is 0.380 e. The number of aryl methyl sites for hydroxylation is 1. The van der Waals surface area contributed by atoms with Crippen LogP contribution < -0.4 is 4.72 Å². The molecule has 0 saturated carbocycles. The highest BCUT2D eigenvalue weighted by atomic mass is 32.2. The number of nitrogens with zero attached hydrogens (tertiary/aromatic N) is 2. The van der Waals surface area contributed by atoms with Gasteiger partial charge >= 0.3 is 0 Å². The zero-order valence-electron chi connectivity index (χ0n) is 12.3. The van der Waals surface area contributed by atoms with Crippen LogP contribution in [0.2, 0.25) is 0 Å². The highest BCUT2D eigenvalue weighted by molar-refractivity contribution is 7.89. The first-order valence-electron chi connectivity index (χ1n) is 6.49. The summed E-state index contributed by atoms with van der Waals surface area (Å²) in [6, 6.07) is 6.71. The van der Waals surface area contributed by atoms with Crippen molar-refractivity contribution < 1.29 is 13.2 Å². The summed E-state index contributed by atoms with van der Waals surface area (Å²) < 4.78 is 33.9. The maximum absolute atomic E-state index is 12.3. The average molecular weight is 309 g/mol. The number of hydrogen-bond acceptors (Lipinski definition) is 4. The van der Waals surface area contributed by atoms with E-state index in [1.807, 2.05) is 20.0 Å². The highest BCUT2D eigenvalue weighted by Gasteiger charge is 2.15. The minimum absolute atomic E-state index is 0.219. The number of aromatic nitrogens is 2. The zero-order valence-corrected chi connectivity index (χ0v) is 13.1. The smallest absolute Gasteiger partial charge is 0.240 e. The van der Waals surface area contributed by atoms with Crippen molar-refractivity contribution in [3.05, 3.63) is 47.3 Å². The van der Waals surface area contributed by atoms with E-state index in [0.29, 0.717) is 6.61 Å². The van der Waals surface area contributed by atoms with Gasteiger partial charge in [0.2, 0.25) is 10.0 Å². The molecule has 1 N–H and O–H groups in total. The molecule has 2 aromatic rings. The second kappa shape index (κ2) is 6.38. The molecule has 1 aromatic heterocycles. The lowest BCUT2D eigenvalue weighted by molar-refractivity contribution is 0.184. The van der Waals surface area contributed by atoms with Gasteiger partial charge in [-0.2, -0.15) is 5.10 Å². The van der Waals surface area contributed by atoms with E-state index in [1.54, 1.807) is 36.2 Å². The van der Waals surface area contributed by atoms with Crippen LogP contribution in [0.4, 0.5) is 0 Å². The van der Waals surface area contributed by atoms with Crippen LogP contribution in [-0.2, 0) is 35.0 Å². The summed E-state index contributed by atoms with van der Waals surface area (Å²) in [5.41, 5.74) is 2.61. The van der Waals surface area contributed by atoms with Gasteiger partial charge < -0.3 is 4.74 Å². The molecule has 0 bridgehead atoms. The molecule has 0 saturated heterocycles. The number of ether oxygens (including phenoxy) is 1. The molecule has 7 heteroatoms. The molecule has 0 spiro atoms. The van der Waals surface area contributed by atoms with E-state index in [1.165, 1.54) is 0 Å². The third-order valence-corrected chi connectivity index (χ3v) is 4.71. The molecule has 0 aliphatic heterocycles. The van der Waals surface area contributed by atoms with Crippen LogP contribution in [0, 0.1) is 6.92 Å². The molecule has 0 aliphatic carbocycles. The lowest BCUT2D eigenvalue weighted by atomic mass is 10.2. The Morgan fingerprint density at radius 2 is 2.14 bits per heavy atom. The highest BCUT2D eigenvalue weighted by Crippen LogP contribution is 2.13. The van der Waals surface area contributed by atoms with E-state index in [2.05, 4.69) is 9.82 Å². The first kappa shape index (κ1) is 15.7. The van der Waals surface area contributed by atoms with Gasteiger partial charge in [-0.25, -0.2) is 13.1 Å². The average Bonchev–Trinajstić information content (AvgIpc) is 2.77. The van der Waals surface area contributed by atoms with Crippen molar-refractivity contribution in [1.29, 1.82) is 0 Å². The number of methoxy groups -OCH3 is 1. The molecule has 6 nitrogen and oxygen atoms in total. The lowest BCUT2D eigenvalue weighted by Gasteiger charge is -2.08. The molecule has 0 aliphatic rings. The van der Waals surface area contributed by atoms with Gasteiger partial charge in [-0.3, -0.25) is 4.68 Å². The third-order valence-electron chi connectivity index (χ3n) is 3.31. The summed E-state index contributed by atoms with van der Waals surface area (Å²) in [5, 5.41) is 4.09. The fraction of sp³-hybridized carbons (Fsp3) is 0.357. The van der Waals surface area contributed by atoms with Crippen LogP contribution in [-0.4, -0.2) is 25.3 Å². The predicted molar refractivity (Wildman–Crippen MR) is 79.1 cm³/mol. The van der Waals surface area contributed by atoms with Crippen LogP contribution in [0.5, 0.6) is 0 Å². The summed E-state index contributed by atoms with van der Waals surface area (Å²) in [4.78, 5) is 0.235. The second-order valence-corrected chi connectivity index (χ2v) is 6.55.